The summed E-state index contributed by atoms with van der Waals surface area (Å²) in [5, 5.41) is 0.617. The SMILES string of the molecule is C=CCSc1nc2ccccc2n1C(=O)CCN1C(=O)/C(=C\c2ccc(OC)cc2)SC1=S. The molecule has 9 heteroatoms. The van der Waals surface area contributed by atoms with Crippen molar-refractivity contribution in [2.45, 2.75) is 11.6 Å². The number of nitrogens with zero attached hydrogens (tertiary/aromatic N) is 3. The van der Waals surface area contributed by atoms with E-state index < -0.39 is 0 Å². The summed E-state index contributed by atoms with van der Waals surface area (Å²) in [5.41, 5.74) is 2.38. The third kappa shape index (κ3) is 5.05. The van der Waals surface area contributed by atoms with Gasteiger partial charge >= 0.3 is 0 Å². The molecule has 3 aromatic rings. The third-order valence-electron chi connectivity index (χ3n) is 4.95. The van der Waals surface area contributed by atoms with Crippen molar-refractivity contribution in [3.8, 4) is 5.75 Å². The summed E-state index contributed by atoms with van der Waals surface area (Å²) in [6.07, 6.45) is 3.70. The van der Waals surface area contributed by atoms with Crippen molar-refractivity contribution < 1.29 is 14.3 Å². The highest BCUT2D eigenvalue weighted by atomic mass is 32.2. The monoisotopic (exact) mass is 495 g/mol. The molecule has 1 aromatic heterocycles. The predicted molar refractivity (Wildman–Crippen MR) is 139 cm³/mol. The van der Waals surface area contributed by atoms with E-state index in [4.69, 9.17) is 17.0 Å². The van der Waals surface area contributed by atoms with E-state index >= 15 is 0 Å². The number of thiocarbonyl (C=S) groups is 1. The lowest BCUT2D eigenvalue weighted by molar-refractivity contribution is -0.122. The molecule has 0 spiro atoms. The summed E-state index contributed by atoms with van der Waals surface area (Å²) < 4.78 is 7.24. The fourth-order valence-corrected chi connectivity index (χ4v) is 5.41. The fourth-order valence-electron chi connectivity index (χ4n) is 3.34. The Kier molecular flexibility index (Phi) is 7.32. The van der Waals surface area contributed by atoms with Crippen LogP contribution in [0.15, 0.2) is 71.2 Å². The molecule has 0 unspecified atom stereocenters. The molecule has 0 bridgehead atoms. The lowest BCUT2D eigenvalue weighted by Gasteiger charge is -2.14. The highest BCUT2D eigenvalue weighted by Gasteiger charge is 2.32. The largest absolute Gasteiger partial charge is 0.497 e. The van der Waals surface area contributed by atoms with Crippen molar-refractivity contribution in [1.82, 2.24) is 14.5 Å². The molecular weight excluding hydrogens is 474 g/mol. The van der Waals surface area contributed by atoms with Crippen molar-refractivity contribution >= 4 is 69.0 Å². The summed E-state index contributed by atoms with van der Waals surface area (Å²) in [6.45, 7) is 3.95. The van der Waals surface area contributed by atoms with E-state index in [1.54, 1.807) is 23.8 Å². The molecule has 4 rings (SSSR count). The minimum absolute atomic E-state index is 0.129. The van der Waals surface area contributed by atoms with Crippen molar-refractivity contribution in [2.75, 3.05) is 19.4 Å². The zero-order valence-corrected chi connectivity index (χ0v) is 20.3. The molecule has 6 nitrogen and oxygen atoms in total. The Morgan fingerprint density at radius 3 is 2.73 bits per heavy atom. The Bertz CT molecular complexity index is 1260. The smallest absolute Gasteiger partial charge is 0.266 e. The number of ether oxygens (including phenoxy) is 1. The Labute approximate surface area is 205 Å². The van der Waals surface area contributed by atoms with Gasteiger partial charge in [-0.05, 0) is 35.9 Å². The molecule has 2 aromatic carbocycles. The average molecular weight is 496 g/mol. The first-order chi connectivity index (χ1) is 16.0. The third-order valence-corrected chi connectivity index (χ3v) is 7.26. The molecule has 0 N–H and O–H groups in total. The van der Waals surface area contributed by atoms with Gasteiger partial charge in [-0.1, -0.05) is 66.1 Å². The molecule has 0 aliphatic carbocycles. The van der Waals surface area contributed by atoms with Gasteiger partial charge in [-0.25, -0.2) is 4.98 Å². The van der Waals surface area contributed by atoms with Gasteiger partial charge in [-0.2, -0.15) is 0 Å². The van der Waals surface area contributed by atoms with Crippen LogP contribution in [-0.2, 0) is 4.79 Å². The summed E-state index contributed by atoms with van der Waals surface area (Å²) in [7, 11) is 1.61. The van der Waals surface area contributed by atoms with Crippen LogP contribution >= 0.6 is 35.7 Å². The topological polar surface area (TPSA) is 64.4 Å². The number of fused-ring (bicyclic) bond motifs is 1. The van der Waals surface area contributed by atoms with Gasteiger partial charge in [0.25, 0.3) is 5.91 Å². The van der Waals surface area contributed by atoms with Gasteiger partial charge < -0.3 is 4.74 Å². The van der Waals surface area contributed by atoms with Crippen molar-refractivity contribution in [3.05, 3.63) is 71.7 Å². The zero-order chi connectivity index (χ0) is 23.4. The van der Waals surface area contributed by atoms with Gasteiger partial charge in [0.15, 0.2) is 5.16 Å². The van der Waals surface area contributed by atoms with Crippen LogP contribution in [0.5, 0.6) is 5.75 Å². The molecule has 1 fully saturated rings. The zero-order valence-electron chi connectivity index (χ0n) is 17.9. The van der Waals surface area contributed by atoms with Crippen molar-refractivity contribution in [2.24, 2.45) is 0 Å². The van der Waals surface area contributed by atoms with Gasteiger partial charge in [0.2, 0.25) is 5.91 Å². The van der Waals surface area contributed by atoms with E-state index in [2.05, 4.69) is 11.6 Å². The minimum atomic E-state index is -0.189. The second kappa shape index (κ2) is 10.4. The van der Waals surface area contributed by atoms with E-state index in [9.17, 15) is 9.59 Å². The van der Waals surface area contributed by atoms with Crippen LogP contribution in [0.25, 0.3) is 17.1 Å². The van der Waals surface area contributed by atoms with E-state index in [0.717, 1.165) is 22.3 Å². The second-order valence-corrected chi connectivity index (χ2v) is 9.73. The van der Waals surface area contributed by atoms with Gasteiger partial charge in [0, 0.05) is 18.7 Å². The lowest BCUT2D eigenvalue weighted by Crippen LogP contribution is -2.31. The first kappa shape index (κ1) is 23.3. The first-order valence-electron chi connectivity index (χ1n) is 10.2. The number of para-hydroxylation sites is 2. The number of thioether (sulfide) groups is 2. The number of benzene rings is 2. The van der Waals surface area contributed by atoms with Crippen LogP contribution in [0.3, 0.4) is 0 Å². The summed E-state index contributed by atoms with van der Waals surface area (Å²) in [5.74, 6) is 1.06. The normalized spacial score (nSPS) is 14.9. The quantitative estimate of drug-likeness (QED) is 0.183. The highest BCUT2D eigenvalue weighted by Crippen LogP contribution is 2.33. The van der Waals surface area contributed by atoms with Crippen LogP contribution in [0.2, 0.25) is 0 Å². The van der Waals surface area contributed by atoms with Crippen molar-refractivity contribution in [3.63, 3.8) is 0 Å². The molecular formula is C24H21N3O3S3. The number of carbonyl (C=O) groups excluding carboxylic acids is 2. The number of imidazole rings is 1. The molecule has 33 heavy (non-hydrogen) atoms. The molecule has 1 amide bonds. The molecule has 0 saturated carbocycles. The van der Waals surface area contributed by atoms with E-state index in [1.807, 2.05) is 48.5 Å². The number of rotatable bonds is 8. The Morgan fingerprint density at radius 2 is 2.00 bits per heavy atom. The van der Waals surface area contributed by atoms with Gasteiger partial charge in [-0.15, -0.1) is 6.58 Å². The van der Waals surface area contributed by atoms with E-state index in [-0.39, 0.29) is 24.8 Å². The highest BCUT2D eigenvalue weighted by molar-refractivity contribution is 8.26. The minimum Gasteiger partial charge on any atom is -0.497 e. The molecule has 0 radical (unpaired) electrons. The standard InChI is InChI=1S/C24H21N3O3S3/c1-3-14-32-23-25-18-6-4-5-7-19(18)27(23)21(28)12-13-26-22(29)20(33-24(26)31)15-16-8-10-17(30-2)11-9-16/h3-11,15H,1,12-14H2,2H3/b20-15+. The van der Waals surface area contributed by atoms with Crippen molar-refractivity contribution in [1.29, 1.82) is 0 Å². The Balaban J connectivity index is 1.49. The van der Waals surface area contributed by atoms with Crippen LogP contribution in [0, 0.1) is 0 Å². The Morgan fingerprint density at radius 1 is 1.24 bits per heavy atom. The average Bonchev–Trinajstić information content (AvgIpc) is 3.33. The molecule has 1 aliphatic heterocycles. The van der Waals surface area contributed by atoms with Crippen LogP contribution in [0.4, 0.5) is 0 Å². The number of methoxy groups -OCH3 is 1. The van der Waals surface area contributed by atoms with Crippen LogP contribution in [-0.4, -0.2) is 50.0 Å². The molecule has 1 aliphatic rings. The number of aromatic nitrogens is 2. The summed E-state index contributed by atoms with van der Waals surface area (Å²) in [4.78, 5) is 32.7. The molecule has 2 heterocycles. The van der Waals surface area contributed by atoms with Gasteiger partial charge in [-0.3, -0.25) is 19.1 Å². The predicted octanol–water partition coefficient (Wildman–Crippen LogP) is 5.25. The van der Waals surface area contributed by atoms with Gasteiger partial charge in [0.1, 0.15) is 10.1 Å². The molecule has 0 atom stereocenters. The molecule has 168 valence electrons. The van der Waals surface area contributed by atoms with E-state index in [0.29, 0.717) is 20.1 Å². The van der Waals surface area contributed by atoms with Gasteiger partial charge in [0.05, 0.1) is 23.0 Å². The fraction of sp³-hybridized carbons (Fsp3) is 0.167. The summed E-state index contributed by atoms with van der Waals surface area (Å²) in [6, 6.07) is 14.9. The summed E-state index contributed by atoms with van der Waals surface area (Å²) >= 11 is 8.12. The van der Waals surface area contributed by atoms with Crippen LogP contribution in [0.1, 0.15) is 16.8 Å². The van der Waals surface area contributed by atoms with Crippen LogP contribution < -0.4 is 4.74 Å². The lowest BCUT2D eigenvalue weighted by atomic mass is 10.2. The maximum atomic E-state index is 13.2. The molecule has 1 saturated heterocycles. The Hall–Kier alpha value is -2.88. The number of carbonyl (C=O) groups is 2. The maximum Gasteiger partial charge on any atom is 0.266 e. The second-order valence-electron chi connectivity index (χ2n) is 7.07. The first-order valence-corrected chi connectivity index (χ1v) is 12.4. The maximum absolute atomic E-state index is 13.2. The van der Waals surface area contributed by atoms with E-state index in [1.165, 1.54) is 28.4 Å². The number of hydrogen-bond donors (Lipinski definition) is 0. The number of amides is 1. The number of hydrogen-bond acceptors (Lipinski definition) is 7.